The highest BCUT2D eigenvalue weighted by atomic mass is 32.1. The Labute approximate surface area is 204 Å². The largest absolute Gasteiger partial charge is 0.444 e. The van der Waals surface area contributed by atoms with Gasteiger partial charge < -0.3 is 20.3 Å². The highest BCUT2D eigenvalue weighted by molar-refractivity contribution is 7.80. The number of nitrogens with zero attached hydrogens (tertiary/aromatic N) is 1. The summed E-state index contributed by atoms with van der Waals surface area (Å²) in [5, 5.41) is 5.62. The molecule has 8 heteroatoms. The van der Waals surface area contributed by atoms with Gasteiger partial charge >= 0.3 is 6.09 Å². The minimum absolute atomic E-state index is 0.0701. The van der Waals surface area contributed by atoms with E-state index in [0.717, 1.165) is 12.0 Å². The Hall–Kier alpha value is -2.22. The van der Waals surface area contributed by atoms with E-state index in [9.17, 15) is 14.4 Å². The van der Waals surface area contributed by atoms with Crippen molar-refractivity contribution in [2.24, 2.45) is 0 Å². The molecule has 0 saturated heterocycles. The van der Waals surface area contributed by atoms with E-state index in [4.69, 9.17) is 4.74 Å². The van der Waals surface area contributed by atoms with Crippen LogP contribution in [-0.2, 0) is 20.7 Å². The van der Waals surface area contributed by atoms with E-state index in [2.05, 4.69) is 30.2 Å². The zero-order valence-corrected chi connectivity index (χ0v) is 22.2. The molecule has 0 radical (unpaired) electrons. The lowest BCUT2D eigenvalue weighted by atomic mass is 9.99. The Morgan fingerprint density at radius 3 is 2.03 bits per heavy atom. The summed E-state index contributed by atoms with van der Waals surface area (Å²) in [6, 6.07) is 5.93. The van der Waals surface area contributed by atoms with Crippen LogP contribution in [-0.4, -0.2) is 52.3 Å². The molecular formula is C25H41N3O4S. The van der Waals surface area contributed by atoms with Gasteiger partial charge in [-0.1, -0.05) is 38.1 Å². The van der Waals surface area contributed by atoms with Crippen molar-refractivity contribution in [2.45, 2.75) is 91.5 Å². The third-order valence-corrected chi connectivity index (χ3v) is 5.05. The molecule has 0 aliphatic rings. The Bertz CT molecular complexity index is 797. The summed E-state index contributed by atoms with van der Waals surface area (Å²) in [6.07, 6.45) is 0.816. The molecule has 0 heterocycles. The molecule has 186 valence electrons. The summed E-state index contributed by atoms with van der Waals surface area (Å²) in [5.41, 5.74) is 0.679. The number of alkyl carbamates (subject to hydrolysis) is 1. The van der Waals surface area contributed by atoms with E-state index in [1.165, 1.54) is 4.90 Å². The van der Waals surface area contributed by atoms with E-state index in [0.29, 0.717) is 18.5 Å². The zero-order chi connectivity index (χ0) is 25.4. The average Bonchev–Trinajstić information content (AvgIpc) is 2.69. The number of amides is 3. The van der Waals surface area contributed by atoms with Crippen LogP contribution in [0.3, 0.4) is 0 Å². The topological polar surface area (TPSA) is 87.7 Å². The van der Waals surface area contributed by atoms with Gasteiger partial charge in [-0.3, -0.25) is 9.59 Å². The maximum atomic E-state index is 13.6. The van der Waals surface area contributed by atoms with Gasteiger partial charge in [-0.25, -0.2) is 4.79 Å². The quantitative estimate of drug-likeness (QED) is 0.462. The van der Waals surface area contributed by atoms with E-state index >= 15 is 0 Å². The van der Waals surface area contributed by atoms with Crippen LogP contribution in [0.4, 0.5) is 4.79 Å². The molecule has 33 heavy (non-hydrogen) atoms. The Kier molecular flexibility index (Phi) is 10.7. The second kappa shape index (κ2) is 12.3. The van der Waals surface area contributed by atoms with Crippen molar-refractivity contribution in [3.63, 3.8) is 0 Å². The molecule has 0 fully saturated rings. The Morgan fingerprint density at radius 1 is 1.03 bits per heavy atom. The lowest BCUT2D eigenvalue weighted by Crippen LogP contribution is -2.55. The standard InChI is InChI=1S/C25H41N3O4S/c1-9-15-28(22(30)19(16-33)26-23(31)32-25(6,7)8)20(21(29)27-24(3,4)5)18-13-11-17(10-2)12-14-18/h11-14,19-20,33H,9-10,15-16H2,1-8H3,(H,26,31)(H,27,29). The number of carbonyl (C=O) groups excluding carboxylic acids is 3. The summed E-state index contributed by atoms with van der Waals surface area (Å²) in [5.74, 6) is -0.587. The molecular weight excluding hydrogens is 438 g/mol. The molecule has 3 amide bonds. The molecule has 0 aromatic heterocycles. The smallest absolute Gasteiger partial charge is 0.408 e. The van der Waals surface area contributed by atoms with Gasteiger partial charge in [0.25, 0.3) is 0 Å². The summed E-state index contributed by atoms with van der Waals surface area (Å²) in [4.78, 5) is 40.9. The second-order valence-electron chi connectivity index (χ2n) is 10.1. The third kappa shape index (κ3) is 9.66. The van der Waals surface area contributed by atoms with E-state index in [1.807, 2.05) is 52.0 Å². The number of hydrogen-bond acceptors (Lipinski definition) is 5. The first kappa shape index (κ1) is 28.8. The first-order chi connectivity index (χ1) is 15.2. The van der Waals surface area contributed by atoms with Crippen molar-refractivity contribution < 1.29 is 19.1 Å². The number of thiol groups is 1. The number of rotatable bonds is 9. The SMILES string of the molecule is CCCN(C(=O)C(CS)NC(=O)OC(C)(C)C)C(C(=O)NC(C)(C)C)c1ccc(CC)cc1. The van der Waals surface area contributed by atoms with Crippen molar-refractivity contribution in [3.05, 3.63) is 35.4 Å². The van der Waals surface area contributed by atoms with Crippen LogP contribution in [0, 0.1) is 0 Å². The molecule has 0 bridgehead atoms. The monoisotopic (exact) mass is 479 g/mol. The van der Waals surface area contributed by atoms with Crippen LogP contribution in [0.5, 0.6) is 0 Å². The van der Waals surface area contributed by atoms with Gasteiger partial charge in [0.05, 0.1) is 0 Å². The fourth-order valence-electron chi connectivity index (χ4n) is 3.29. The van der Waals surface area contributed by atoms with Gasteiger partial charge in [0.2, 0.25) is 11.8 Å². The van der Waals surface area contributed by atoms with Crippen molar-refractivity contribution in [3.8, 4) is 0 Å². The van der Waals surface area contributed by atoms with Crippen molar-refractivity contribution in [1.29, 1.82) is 0 Å². The molecule has 2 unspecified atom stereocenters. The third-order valence-electron chi connectivity index (χ3n) is 4.68. The molecule has 1 rings (SSSR count). The van der Waals surface area contributed by atoms with E-state index in [1.54, 1.807) is 20.8 Å². The molecule has 7 nitrogen and oxygen atoms in total. The number of carbonyl (C=O) groups is 3. The predicted molar refractivity (Wildman–Crippen MR) is 135 cm³/mol. The molecule has 2 atom stereocenters. The van der Waals surface area contributed by atoms with Crippen molar-refractivity contribution in [2.75, 3.05) is 12.3 Å². The summed E-state index contributed by atoms with van der Waals surface area (Å²) >= 11 is 4.29. The van der Waals surface area contributed by atoms with Gasteiger partial charge in [-0.15, -0.1) is 0 Å². The minimum atomic E-state index is -0.936. The molecule has 2 N–H and O–H groups in total. The molecule has 1 aromatic carbocycles. The number of ether oxygens (including phenoxy) is 1. The maximum absolute atomic E-state index is 13.6. The Morgan fingerprint density at radius 2 is 1.61 bits per heavy atom. The second-order valence-corrected chi connectivity index (χ2v) is 10.5. The van der Waals surface area contributed by atoms with Crippen LogP contribution < -0.4 is 10.6 Å². The summed E-state index contributed by atoms with van der Waals surface area (Å²) in [7, 11) is 0. The van der Waals surface area contributed by atoms with Crippen LogP contribution in [0.1, 0.15) is 79.0 Å². The van der Waals surface area contributed by atoms with Gasteiger partial charge in [0, 0.05) is 17.8 Å². The van der Waals surface area contributed by atoms with Crippen LogP contribution >= 0.6 is 12.6 Å². The fourth-order valence-corrected chi connectivity index (χ4v) is 3.54. The van der Waals surface area contributed by atoms with E-state index < -0.39 is 29.3 Å². The summed E-state index contributed by atoms with van der Waals surface area (Å²) in [6.45, 7) is 15.3. The zero-order valence-electron chi connectivity index (χ0n) is 21.3. The van der Waals surface area contributed by atoms with Crippen LogP contribution in [0.15, 0.2) is 24.3 Å². The first-order valence-electron chi connectivity index (χ1n) is 11.5. The average molecular weight is 480 g/mol. The number of aryl methyl sites for hydroxylation is 1. The maximum Gasteiger partial charge on any atom is 0.408 e. The molecule has 0 saturated carbocycles. The lowest BCUT2D eigenvalue weighted by Gasteiger charge is -2.35. The molecule has 0 aliphatic carbocycles. The van der Waals surface area contributed by atoms with Crippen LogP contribution in [0.25, 0.3) is 0 Å². The van der Waals surface area contributed by atoms with Crippen LogP contribution in [0.2, 0.25) is 0 Å². The Balaban J connectivity index is 3.35. The van der Waals surface area contributed by atoms with Crippen molar-refractivity contribution in [1.82, 2.24) is 15.5 Å². The number of hydrogen-bond donors (Lipinski definition) is 3. The highest BCUT2D eigenvalue weighted by Gasteiger charge is 2.36. The summed E-state index contributed by atoms with van der Waals surface area (Å²) < 4.78 is 5.31. The fraction of sp³-hybridized carbons (Fsp3) is 0.640. The molecule has 1 aromatic rings. The van der Waals surface area contributed by atoms with Gasteiger partial charge in [-0.2, -0.15) is 12.6 Å². The normalized spacial score (nSPS) is 13.6. The number of benzene rings is 1. The minimum Gasteiger partial charge on any atom is -0.444 e. The molecule has 0 spiro atoms. The highest BCUT2D eigenvalue weighted by Crippen LogP contribution is 2.25. The number of nitrogens with one attached hydrogen (secondary N) is 2. The van der Waals surface area contributed by atoms with E-state index in [-0.39, 0.29) is 17.6 Å². The van der Waals surface area contributed by atoms with Gasteiger partial charge in [0.15, 0.2) is 0 Å². The van der Waals surface area contributed by atoms with Gasteiger partial charge in [-0.05, 0) is 65.5 Å². The van der Waals surface area contributed by atoms with Crippen molar-refractivity contribution >= 4 is 30.5 Å². The molecule has 0 aliphatic heterocycles. The van der Waals surface area contributed by atoms with Gasteiger partial charge in [0.1, 0.15) is 17.7 Å². The first-order valence-corrected chi connectivity index (χ1v) is 12.2. The predicted octanol–water partition coefficient (Wildman–Crippen LogP) is 4.27. The lowest BCUT2D eigenvalue weighted by molar-refractivity contribution is -0.142.